The van der Waals surface area contributed by atoms with Crippen LogP contribution in [0.3, 0.4) is 0 Å². The Morgan fingerprint density at radius 2 is 2.10 bits per heavy atom. The lowest BCUT2D eigenvalue weighted by Gasteiger charge is -2.35. The molecule has 3 heterocycles. The number of carbonyl (C=O) groups excluding carboxylic acids is 1. The van der Waals surface area contributed by atoms with Crippen molar-refractivity contribution >= 4 is 5.91 Å². The molecule has 2 aromatic heterocycles. The number of nitrogens with zero attached hydrogens (tertiary/aromatic N) is 4. The first-order valence-electron chi connectivity index (χ1n) is 9.55. The Labute approximate surface area is 167 Å². The van der Waals surface area contributed by atoms with Crippen molar-refractivity contribution in [2.75, 3.05) is 19.8 Å². The second-order valence-electron chi connectivity index (χ2n) is 7.14. The minimum absolute atomic E-state index is 0.0512. The molecule has 1 amide bonds. The van der Waals surface area contributed by atoms with Gasteiger partial charge in [0.2, 0.25) is 5.91 Å². The molecule has 0 bridgehead atoms. The summed E-state index contributed by atoms with van der Waals surface area (Å²) in [5, 5.41) is 11.0. The summed E-state index contributed by atoms with van der Waals surface area (Å²) in [7, 11) is 0. The number of hydrogen-bond acceptors (Lipinski definition) is 6. The van der Waals surface area contributed by atoms with Crippen molar-refractivity contribution in [3.8, 4) is 11.3 Å². The molecule has 0 spiro atoms. The highest BCUT2D eigenvalue weighted by Gasteiger charge is 2.41. The van der Waals surface area contributed by atoms with E-state index in [-0.39, 0.29) is 11.7 Å². The monoisotopic (exact) mass is 399 g/mol. The zero-order chi connectivity index (χ0) is 20.1. The zero-order valence-corrected chi connectivity index (χ0v) is 15.9. The fraction of sp³-hybridized carbons (Fsp3) is 0.400. The fourth-order valence-electron chi connectivity index (χ4n) is 3.59. The van der Waals surface area contributed by atoms with E-state index in [1.54, 1.807) is 35.3 Å². The van der Waals surface area contributed by atoms with E-state index in [0.29, 0.717) is 62.6 Å². The first kappa shape index (κ1) is 19.3. The molecule has 29 heavy (non-hydrogen) atoms. The normalized spacial score (nSPS) is 15.9. The lowest BCUT2D eigenvalue weighted by molar-refractivity contribution is -0.137. The van der Waals surface area contributed by atoms with Crippen LogP contribution < -0.4 is 5.32 Å². The summed E-state index contributed by atoms with van der Waals surface area (Å²) in [6.07, 6.45) is 4.61. The smallest absolute Gasteiger partial charge is 0.226 e. The van der Waals surface area contributed by atoms with E-state index in [2.05, 4.69) is 20.6 Å². The molecular weight excluding hydrogens is 377 g/mol. The van der Waals surface area contributed by atoms with Gasteiger partial charge in [0.1, 0.15) is 29.9 Å². The number of ether oxygens (including phenoxy) is 1. The van der Waals surface area contributed by atoms with Crippen molar-refractivity contribution in [3.05, 3.63) is 54.6 Å². The molecule has 1 fully saturated rings. The molecule has 0 saturated carbocycles. The molecule has 8 nitrogen and oxygen atoms in total. The van der Waals surface area contributed by atoms with Crippen LogP contribution in [0.1, 0.15) is 18.6 Å². The molecule has 1 aliphatic heterocycles. The van der Waals surface area contributed by atoms with Crippen molar-refractivity contribution in [2.45, 2.75) is 25.8 Å². The van der Waals surface area contributed by atoms with Crippen molar-refractivity contribution < 1.29 is 18.4 Å². The van der Waals surface area contributed by atoms with Gasteiger partial charge in [0.05, 0.1) is 12.0 Å². The molecule has 152 valence electrons. The molecule has 4 rings (SSSR count). The van der Waals surface area contributed by atoms with Crippen LogP contribution in [0.25, 0.3) is 11.3 Å². The average molecular weight is 399 g/mol. The van der Waals surface area contributed by atoms with Gasteiger partial charge in [-0.1, -0.05) is 17.3 Å². The van der Waals surface area contributed by atoms with Crippen LogP contribution in [0.4, 0.5) is 4.39 Å². The lowest BCUT2D eigenvalue weighted by Crippen LogP contribution is -2.46. The number of hydrogen-bond donors (Lipinski definition) is 1. The van der Waals surface area contributed by atoms with Gasteiger partial charge in [-0.2, -0.15) is 5.10 Å². The minimum Gasteiger partial charge on any atom is -0.381 e. The summed E-state index contributed by atoms with van der Waals surface area (Å²) >= 11 is 0. The Kier molecular flexibility index (Phi) is 5.66. The topological polar surface area (TPSA) is 95.1 Å². The van der Waals surface area contributed by atoms with E-state index in [0.717, 1.165) is 0 Å². The summed E-state index contributed by atoms with van der Waals surface area (Å²) in [5.74, 6) is 0.139. The summed E-state index contributed by atoms with van der Waals surface area (Å²) < 4.78 is 26.6. The SMILES string of the molecule is O=C(NCCn1cncn1)C1(Cc2cc(-c3ccccc3F)no2)CCOCC1. The van der Waals surface area contributed by atoms with Crippen molar-refractivity contribution in [2.24, 2.45) is 5.41 Å². The van der Waals surface area contributed by atoms with Gasteiger partial charge >= 0.3 is 0 Å². The Hall–Kier alpha value is -3.07. The van der Waals surface area contributed by atoms with E-state index in [1.165, 1.54) is 12.4 Å². The van der Waals surface area contributed by atoms with Gasteiger partial charge in [-0.25, -0.2) is 9.37 Å². The standard InChI is InChI=1S/C20H22FN5O3/c21-17-4-2-1-3-16(17)18-11-15(29-25-18)12-20(5-9-28-10-6-20)19(27)23-7-8-26-14-22-13-24-26/h1-4,11,13-14H,5-10,12H2,(H,23,27). The zero-order valence-electron chi connectivity index (χ0n) is 15.9. The van der Waals surface area contributed by atoms with Crippen LogP contribution in [-0.4, -0.2) is 45.6 Å². The summed E-state index contributed by atoms with van der Waals surface area (Å²) in [6, 6.07) is 8.11. The predicted molar refractivity (Wildman–Crippen MR) is 101 cm³/mol. The van der Waals surface area contributed by atoms with Gasteiger partial charge < -0.3 is 14.6 Å². The second kappa shape index (κ2) is 8.52. The van der Waals surface area contributed by atoms with Crippen LogP contribution in [0, 0.1) is 11.2 Å². The predicted octanol–water partition coefficient (Wildman–Crippen LogP) is 2.23. The van der Waals surface area contributed by atoms with Gasteiger partial charge in [-0.15, -0.1) is 0 Å². The summed E-state index contributed by atoms with van der Waals surface area (Å²) in [6.45, 7) is 2.00. The number of amides is 1. The van der Waals surface area contributed by atoms with Gasteiger partial charge in [0, 0.05) is 37.8 Å². The van der Waals surface area contributed by atoms with Gasteiger partial charge in [0.15, 0.2) is 0 Å². The van der Waals surface area contributed by atoms with E-state index >= 15 is 0 Å². The highest BCUT2D eigenvalue weighted by atomic mass is 19.1. The van der Waals surface area contributed by atoms with Gasteiger partial charge in [-0.05, 0) is 25.0 Å². The van der Waals surface area contributed by atoms with E-state index in [4.69, 9.17) is 9.26 Å². The second-order valence-corrected chi connectivity index (χ2v) is 7.14. The molecule has 1 aliphatic rings. The van der Waals surface area contributed by atoms with E-state index in [9.17, 15) is 9.18 Å². The molecule has 3 aromatic rings. The molecule has 0 unspecified atom stereocenters. The van der Waals surface area contributed by atoms with Crippen molar-refractivity contribution in [1.82, 2.24) is 25.2 Å². The number of benzene rings is 1. The third-order valence-corrected chi connectivity index (χ3v) is 5.25. The third-order valence-electron chi connectivity index (χ3n) is 5.25. The molecule has 0 radical (unpaired) electrons. The number of halogens is 1. The maximum Gasteiger partial charge on any atom is 0.226 e. The van der Waals surface area contributed by atoms with E-state index < -0.39 is 5.41 Å². The van der Waals surface area contributed by atoms with Crippen LogP contribution in [0.2, 0.25) is 0 Å². The Bertz CT molecular complexity index is 951. The first-order chi connectivity index (χ1) is 14.2. The van der Waals surface area contributed by atoms with E-state index in [1.807, 2.05) is 0 Å². The molecular formula is C20H22FN5O3. The molecule has 1 N–H and O–H groups in total. The fourth-order valence-corrected chi connectivity index (χ4v) is 3.59. The van der Waals surface area contributed by atoms with Crippen molar-refractivity contribution in [1.29, 1.82) is 0 Å². The highest BCUT2D eigenvalue weighted by molar-refractivity contribution is 5.83. The van der Waals surface area contributed by atoms with Gasteiger partial charge in [0.25, 0.3) is 0 Å². The Morgan fingerprint density at radius 3 is 2.86 bits per heavy atom. The highest BCUT2D eigenvalue weighted by Crippen LogP contribution is 2.36. The lowest BCUT2D eigenvalue weighted by atomic mass is 9.75. The number of carbonyl (C=O) groups is 1. The molecule has 9 heteroatoms. The Balaban J connectivity index is 1.47. The van der Waals surface area contributed by atoms with Crippen LogP contribution >= 0.6 is 0 Å². The quantitative estimate of drug-likeness (QED) is 0.655. The Morgan fingerprint density at radius 1 is 1.28 bits per heavy atom. The molecule has 0 atom stereocenters. The first-order valence-corrected chi connectivity index (χ1v) is 9.55. The molecule has 1 saturated heterocycles. The minimum atomic E-state index is -0.646. The molecule has 0 aliphatic carbocycles. The average Bonchev–Trinajstić information content (AvgIpc) is 3.41. The van der Waals surface area contributed by atoms with Crippen LogP contribution in [0.5, 0.6) is 0 Å². The third kappa shape index (κ3) is 4.34. The number of rotatable bonds is 7. The number of aromatic nitrogens is 4. The summed E-state index contributed by atoms with van der Waals surface area (Å²) in [5.41, 5.74) is 0.153. The summed E-state index contributed by atoms with van der Waals surface area (Å²) in [4.78, 5) is 16.9. The maximum atomic E-state index is 14.0. The number of nitrogens with one attached hydrogen (secondary N) is 1. The molecule has 1 aromatic carbocycles. The maximum absolute atomic E-state index is 14.0. The van der Waals surface area contributed by atoms with Crippen molar-refractivity contribution in [3.63, 3.8) is 0 Å². The largest absolute Gasteiger partial charge is 0.381 e. The van der Waals surface area contributed by atoms with Crippen LogP contribution in [-0.2, 0) is 22.5 Å². The van der Waals surface area contributed by atoms with Crippen LogP contribution in [0.15, 0.2) is 47.5 Å². The van der Waals surface area contributed by atoms with Gasteiger partial charge in [-0.3, -0.25) is 9.48 Å².